The molecule has 0 aliphatic carbocycles. The van der Waals surface area contributed by atoms with Crippen LogP contribution in [0.25, 0.3) is 0 Å². The van der Waals surface area contributed by atoms with Crippen LogP contribution in [0.4, 0.5) is 4.39 Å². The lowest BCUT2D eigenvalue weighted by Crippen LogP contribution is -2.12. The summed E-state index contributed by atoms with van der Waals surface area (Å²) >= 11 is 0. The maximum absolute atomic E-state index is 13.6. The molecule has 3 nitrogen and oxygen atoms in total. The molecule has 0 saturated carbocycles. The number of hydrogen-bond acceptors (Lipinski definition) is 3. The van der Waals surface area contributed by atoms with Gasteiger partial charge in [-0.05, 0) is 24.6 Å². The van der Waals surface area contributed by atoms with E-state index in [1.165, 1.54) is 6.07 Å². The second-order valence-electron chi connectivity index (χ2n) is 4.46. The van der Waals surface area contributed by atoms with Gasteiger partial charge in [0, 0.05) is 24.5 Å². The first-order valence-corrected chi connectivity index (χ1v) is 6.39. The summed E-state index contributed by atoms with van der Waals surface area (Å²) in [6.45, 7) is 1.92. The minimum Gasteiger partial charge on any atom is -0.490 e. The summed E-state index contributed by atoms with van der Waals surface area (Å²) in [7, 11) is 0. The molecule has 1 unspecified atom stereocenters. The summed E-state index contributed by atoms with van der Waals surface area (Å²) in [6.07, 6.45) is 1.37. The van der Waals surface area contributed by atoms with E-state index in [9.17, 15) is 4.39 Å². The predicted molar refractivity (Wildman–Crippen MR) is 69.4 cm³/mol. The Labute approximate surface area is 112 Å². The minimum atomic E-state index is -0.383. The van der Waals surface area contributed by atoms with Crippen molar-refractivity contribution >= 4 is 0 Å². The number of ether oxygens (including phenoxy) is 2. The highest BCUT2D eigenvalue weighted by molar-refractivity contribution is 5.40. The van der Waals surface area contributed by atoms with Crippen molar-refractivity contribution in [2.45, 2.75) is 12.8 Å². The van der Waals surface area contributed by atoms with Crippen LogP contribution in [0.5, 0.6) is 5.75 Å². The third kappa shape index (κ3) is 4.23. The summed E-state index contributed by atoms with van der Waals surface area (Å²) < 4.78 is 24.3. The van der Waals surface area contributed by atoms with Gasteiger partial charge in [-0.25, -0.2) is 4.39 Å². The van der Waals surface area contributed by atoms with E-state index in [1.807, 2.05) is 0 Å². The van der Waals surface area contributed by atoms with E-state index in [0.29, 0.717) is 31.1 Å². The molecule has 102 valence electrons. The number of benzene rings is 1. The Morgan fingerprint density at radius 1 is 1.47 bits per heavy atom. The molecule has 1 saturated heterocycles. The molecule has 1 aromatic carbocycles. The fourth-order valence-corrected chi connectivity index (χ4v) is 1.83. The SMILES string of the molecule is OCCC#Cc1ccc(F)c(OCC2CCOC2)c1. The van der Waals surface area contributed by atoms with Gasteiger partial charge in [0.15, 0.2) is 11.6 Å². The van der Waals surface area contributed by atoms with E-state index < -0.39 is 0 Å². The average molecular weight is 264 g/mol. The van der Waals surface area contributed by atoms with Crippen molar-refractivity contribution in [1.29, 1.82) is 0 Å². The number of aliphatic hydroxyl groups excluding tert-OH is 1. The highest BCUT2D eigenvalue weighted by Gasteiger charge is 2.17. The number of hydrogen-bond donors (Lipinski definition) is 1. The van der Waals surface area contributed by atoms with Crippen LogP contribution in [0.15, 0.2) is 18.2 Å². The zero-order valence-corrected chi connectivity index (χ0v) is 10.7. The molecule has 1 heterocycles. The highest BCUT2D eigenvalue weighted by atomic mass is 19.1. The molecule has 0 bridgehead atoms. The van der Waals surface area contributed by atoms with Crippen molar-refractivity contribution in [3.05, 3.63) is 29.6 Å². The topological polar surface area (TPSA) is 38.7 Å². The molecule has 1 aliphatic rings. The Kier molecular flexibility index (Phi) is 5.20. The Hall–Kier alpha value is -1.57. The third-order valence-corrected chi connectivity index (χ3v) is 2.90. The molecule has 1 fully saturated rings. The Morgan fingerprint density at radius 2 is 2.37 bits per heavy atom. The van der Waals surface area contributed by atoms with Crippen molar-refractivity contribution in [1.82, 2.24) is 0 Å². The van der Waals surface area contributed by atoms with E-state index in [-0.39, 0.29) is 18.2 Å². The van der Waals surface area contributed by atoms with E-state index >= 15 is 0 Å². The average Bonchev–Trinajstić information content (AvgIpc) is 2.92. The Morgan fingerprint density at radius 3 is 3.11 bits per heavy atom. The fourth-order valence-electron chi connectivity index (χ4n) is 1.83. The molecular weight excluding hydrogens is 247 g/mol. The molecule has 0 spiro atoms. The van der Waals surface area contributed by atoms with E-state index in [4.69, 9.17) is 14.6 Å². The second-order valence-corrected chi connectivity index (χ2v) is 4.46. The molecule has 4 heteroatoms. The molecule has 2 rings (SSSR count). The van der Waals surface area contributed by atoms with Crippen molar-refractivity contribution < 1.29 is 19.0 Å². The molecule has 0 radical (unpaired) electrons. The van der Waals surface area contributed by atoms with Gasteiger partial charge >= 0.3 is 0 Å². The van der Waals surface area contributed by atoms with Crippen LogP contribution in [0.3, 0.4) is 0 Å². The van der Waals surface area contributed by atoms with Crippen molar-refractivity contribution in [3.63, 3.8) is 0 Å². The largest absolute Gasteiger partial charge is 0.490 e. The fraction of sp³-hybridized carbons (Fsp3) is 0.467. The van der Waals surface area contributed by atoms with Crippen LogP contribution in [0, 0.1) is 23.6 Å². The first-order chi connectivity index (χ1) is 9.29. The van der Waals surface area contributed by atoms with Crippen LogP contribution < -0.4 is 4.74 Å². The van der Waals surface area contributed by atoms with E-state index in [2.05, 4.69) is 11.8 Å². The van der Waals surface area contributed by atoms with Crippen LogP contribution in [-0.2, 0) is 4.74 Å². The monoisotopic (exact) mass is 264 g/mol. The molecule has 0 amide bonds. The van der Waals surface area contributed by atoms with Gasteiger partial charge < -0.3 is 14.6 Å². The summed E-state index contributed by atoms with van der Waals surface area (Å²) in [5, 5.41) is 8.65. The summed E-state index contributed by atoms with van der Waals surface area (Å²) in [6, 6.07) is 4.55. The van der Waals surface area contributed by atoms with E-state index in [1.54, 1.807) is 12.1 Å². The van der Waals surface area contributed by atoms with Gasteiger partial charge in [-0.15, -0.1) is 0 Å². The molecule has 19 heavy (non-hydrogen) atoms. The smallest absolute Gasteiger partial charge is 0.165 e. The standard InChI is InChI=1S/C15H17FO3/c16-14-5-4-12(3-1-2-7-17)9-15(14)19-11-13-6-8-18-10-13/h4-5,9,13,17H,2,6-8,10-11H2. The molecule has 1 N–H and O–H groups in total. The minimum absolute atomic E-state index is 0.0270. The molecule has 1 aromatic rings. The Bertz CT molecular complexity index is 470. The normalized spacial score (nSPS) is 17.9. The first-order valence-electron chi connectivity index (χ1n) is 6.39. The molecule has 0 aromatic heterocycles. The van der Waals surface area contributed by atoms with Crippen molar-refractivity contribution in [2.75, 3.05) is 26.4 Å². The van der Waals surface area contributed by atoms with Gasteiger partial charge in [-0.1, -0.05) is 11.8 Å². The van der Waals surface area contributed by atoms with Crippen LogP contribution >= 0.6 is 0 Å². The quantitative estimate of drug-likeness (QED) is 0.845. The number of aliphatic hydroxyl groups is 1. The van der Waals surface area contributed by atoms with Gasteiger partial charge in [0.25, 0.3) is 0 Å². The third-order valence-electron chi connectivity index (χ3n) is 2.90. The molecule has 1 aliphatic heterocycles. The number of halogens is 1. The Balaban J connectivity index is 1.98. The summed E-state index contributed by atoms with van der Waals surface area (Å²) in [5.41, 5.74) is 0.688. The lowest BCUT2D eigenvalue weighted by atomic mass is 10.1. The van der Waals surface area contributed by atoms with Gasteiger partial charge in [0.05, 0.1) is 19.8 Å². The zero-order chi connectivity index (χ0) is 13.5. The maximum Gasteiger partial charge on any atom is 0.165 e. The van der Waals surface area contributed by atoms with Crippen molar-refractivity contribution in [3.8, 4) is 17.6 Å². The molecular formula is C15H17FO3. The summed E-state index contributed by atoms with van der Waals surface area (Å²) in [5.74, 6) is 5.84. The van der Waals surface area contributed by atoms with Gasteiger partial charge in [0.1, 0.15) is 0 Å². The molecule has 1 atom stereocenters. The van der Waals surface area contributed by atoms with E-state index in [0.717, 1.165) is 13.0 Å². The van der Waals surface area contributed by atoms with Crippen LogP contribution in [0.1, 0.15) is 18.4 Å². The summed E-state index contributed by atoms with van der Waals surface area (Å²) in [4.78, 5) is 0. The predicted octanol–water partition coefficient (Wildman–Crippen LogP) is 1.97. The van der Waals surface area contributed by atoms with Gasteiger partial charge in [-0.3, -0.25) is 0 Å². The first kappa shape index (κ1) is 13.9. The van der Waals surface area contributed by atoms with Crippen LogP contribution in [0.2, 0.25) is 0 Å². The van der Waals surface area contributed by atoms with Gasteiger partial charge in [0.2, 0.25) is 0 Å². The highest BCUT2D eigenvalue weighted by Crippen LogP contribution is 2.21. The zero-order valence-electron chi connectivity index (χ0n) is 10.7. The van der Waals surface area contributed by atoms with Crippen molar-refractivity contribution in [2.24, 2.45) is 5.92 Å². The second kappa shape index (κ2) is 7.13. The number of rotatable bonds is 4. The maximum atomic E-state index is 13.6. The van der Waals surface area contributed by atoms with Crippen LogP contribution in [-0.4, -0.2) is 31.5 Å². The lowest BCUT2D eigenvalue weighted by molar-refractivity contribution is 0.165. The van der Waals surface area contributed by atoms with Gasteiger partial charge in [-0.2, -0.15) is 0 Å². The lowest BCUT2D eigenvalue weighted by Gasteiger charge is -2.11.